The molecule has 7 heteroatoms. The number of carbonyl (C=O) groups excluding carboxylic acids is 1. The number of piperidine rings is 2. The molecule has 0 aromatic heterocycles. The van der Waals surface area contributed by atoms with Crippen molar-refractivity contribution in [1.82, 2.24) is 15.1 Å². The van der Waals surface area contributed by atoms with Gasteiger partial charge < -0.3 is 15.0 Å². The van der Waals surface area contributed by atoms with Crippen LogP contribution in [0.3, 0.4) is 0 Å². The SMILES string of the molecule is CCN1CCC(C(=O)NC2CCN(Cc3cccc(Oc4ccccc4Cl)c3)CC2)(c2ccc(Br)cc2)CC1. The van der Waals surface area contributed by atoms with E-state index in [1.54, 1.807) is 0 Å². The van der Waals surface area contributed by atoms with E-state index in [4.69, 9.17) is 16.3 Å². The molecule has 3 aromatic rings. The van der Waals surface area contributed by atoms with Crippen molar-refractivity contribution in [3.8, 4) is 11.5 Å². The van der Waals surface area contributed by atoms with E-state index in [1.807, 2.05) is 36.4 Å². The van der Waals surface area contributed by atoms with Crippen molar-refractivity contribution in [1.29, 1.82) is 0 Å². The van der Waals surface area contributed by atoms with Crippen molar-refractivity contribution < 1.29 is 9.53 Å². The van der Waals surface area contributed by atoms with Gasteiger partial charge in [-0.3, -0.25) is 9.69 Å². The number of likely N-dealkylation sites (tertiary alicyclic amines) is 2. The Hall–Kier alpha value is -2.38. The third-order valence-corrected chi connectivity index (χ3v) is 9.12. The van der Waals surface area contributed by atoms with Crippen LogP contribution < -0.4 is 10.1 Å². The number of hydrogen-bond acceptors (Lipinski definition) is 4. The van der Waals surface area contributed by atoms with Gasteiger partial charge in [-0.05, 0) is 92.8 Å². The maximum Gasteiger partial charge on any atom is 0.230 e. The number of para-hydroxylation sites is 1. The van der Waals surface area contributed by atoms with Crippen LogP contribution in [0.15, 0.2) is 77.3 Å². The molecule has 0 unspecified atom stereocenters. The zero-order valence-corrected chi connectivity index (χ0v) is 24.9. The quantitative estimate of drug-likeness (QED) is 0.298. The van der Waals surface area contributed by atoms with E-state index >= 15 is 0 Å². The fourth-order valence-electron chi connectivity index (χ4n) is 5.85. The molecular weight excluding hydrogens is 574 g/mol. The zero-order chi connectivity index (χ0) is 27.2. The molecule has 5 nitrogen and oxygen atoms in total. The molecule has 39 heavy (non-hydrogen) atoms. The molecule has 0 atom stereocenters. The second kappa shape index (κ2) is 12.9. The summed E-state index contributed by atoms with van der Waals surface area (Å²) >= 11 is 9.81. The van der Waals surface area contributed by atoms with E-state index in [1.165, 1.54) is 5.56 Å². The lowest BCUT2D eigenvalue weighted by Crippen LogP contribution is -2.55. The zero-order valence-electron chi connectivity index (χ0n) is 22.5. The van der Waals surface area contributed by atoms with Crippen LogP contribution in [0.5, 0.6) is 11.5 Å². The first kappa shape index (κ1) is 28.2. The van der Waals surface area contributed by atoms with Gasteiger partial charge in [0, 0.05) is 30.1 Å². The molecular formula is C32H37BrClN3O2. The highest BCUT2D eigenvalue weighted by Crippen LogP contribution is 2.37. The number of nitrogens with zero attached hydrogens (tertiary/aromatic N) is 2. The summed E-state index contributed by atoms with van der Waals surface area (Å²) in [5.74, 6) is 1.65. The molecule has 2 heterocycles. The highest BCUT2D eigenvalue weighted by atomic mass is 79.9. The predicted molar refractivity (Wildman–Crippen MR) is 162 cm³/mol. The largest absolute Gasteiger partial charge is 0.456 e. The molecule has 0 spiro atoms. The third-order valence-electron chi connectivity index (χ3n) is 8.28. The van der Waals surface area contributed by atoms with Gasteiger partial charge >= 0.3 is 0 Å². The van der Waals surface area contributed by atoms with Gasteiger partial charge in [0.2, 0.25) is 5.91 Å². The molecule has 5 rings (SSSR count). The number of nitrogens with one attached hydrogen (secondary N) is 1. The average Bonchev–Trinajstić information content (AvgIpc) is 2.96. The Labute approximate surface area is 245 Å². The Morgan fingerprint density at radius 1 is 0.974 bits per heavy atom. The summed E-state index contributed by atoms with van der Waals surface area (Å²) in [6.07, 6.45) is 3.64. The number of hydrogen-bond donors (Lipinski definition) is 1. The van der Waals surface area contributed by atoms with Gasteiger partial charge in [-0.2, -0.15) is 0 Å². The topological polar surface area (TPSA) is 44.8 Å². The second-order valence-corrected chi connectivity index (χ2v) is 12.0. The maximum atomic E-state index is 13.9. The number of amides is 1. The molecule has 206 valence electrons. The van der Waals surface area contributed by atoms with Gasteiger partial charge in [0.1, 0.15) is 11.5 Å². The van der Waals surface area contributed by atoms with Gasteiger partial charge in [0.15, 0.2) is 0 Å². The Morgan fingerprint density at radius 2 is 1.69 bits per heavy atom. The van der Waals surface area contributed by atoms with Gasteiger partial charge in [-0.15, -0.1) is 0 Å². The lowest BCUT2D eigenvalue weighted by atomic mass is 9.71. The molecule has 2 saturated heterocycles. The normalized spacial score (nSPS) is 18.5. The Kier molecular flexibility index (Phi) is 9.28. The van der Waals surface area contributed by atoms with Crippen molar-refractivity contribution in [3.63, 3.8) is 0 Å². The van der Waals surface area contributed by atoms with Gasteiger partial charge in [0.25, 0.3) is 0 Å². The van der Waals surface area contributed by atoms with Crippen molar-refractivity contribution in [2.45, 2.75) is 50.6 Å². The van der Waals surface area contributed by atoms with Crippen LogP contribution in [0.4, 0.5) is 0 Å². The minimum Gasteiger partial charge on any atom is -0.456 e. The van der Waals surface area contributed by atoms with Gasteiger partial charge in [0.05, 0.1) is 10.4 Å². The van der Waals surface area contributed by atoms with Crippen molar-refractivity contribution in [2.75, 3.05) is 32.7 Å². The minimum absolute atomic E-state index is 0.198. The predicted octanol–water partition coefficient (Wildman–Crippen LogP) is 7.03. The van der Waals surface area contributed by atoms with Crippen LogP contribution in [-0.4, -0.2) is 54.5 Å². The van der Waals surface area contributed by atoms with Crippen LogP contribution in [0.25, 0.3) is 0 Å². The minimum atomic E-state index is -0.453. The molecule has 0 aliphatic carbocycles. The fourth-order valence-corrected chi connectivity index (χ4v) is 6.28. The van der Waals surface area contributed by atoms with E-state index in [2.05, 4.69) is 74.4 Å². The molecule has 0 saturated carbocycles. The van der Waals surface area contributed by atoms with Crippen molar-refractivity contribution >= 4 is 33.4 Å². The first-order valence-corrected chi connectivity index (χ1v) is 15.2. The summed E-state index contributed by atoms with van der Waals surface area (Å²) in [6.45, 7) is 7.91. The standard InChI is InChI=1S/C32H37BrClN3O2/c1-2-36-20-16-32(17-21-36,25-10-12-26(33)13-11-25)31(38)35-27-14-18-37(19-15-27)23-24-6-5-7-28(22-24)39-30-9-4-3-8-29(30)34/h3-13,22,27H,2,14-21,23H2,1H3,(H,35,38). The summed E-state index contributed by atoms with van der Waals surface area (Å²) in [6, 6.07) is 24.3. The maximum absolute atomic E-state index is 13.9. The van der Waals surface area contributed by atoms with Gasteiger partial charge in [-0.1, -0.05) is 70.9 Å². The molecule has 2 aliphatic heterocycles. The van der Waals surface area contributed by atoms with Crippen molar-refractivity contribution in [2.24, 2.45) is 0 Å². The molecule has 1 amide bonds. The van der Waals surface area contributed by atoms with E-state index in [0.29, 0.717) is 10.8 Å². The monoisotopic (exact) mass is 609 g/mol. The molecule has 0 radical (unpaired) electrons. The Bertz CT molecular complexity index is 1250. The second-order valence-electron chi connectivity index (χ2n) is 10.7. The van der Waals surface area contributed by atoms with E-state index in [0.717, 1.165) is 80.7 Å². The average molecular weight is 611 g/mol. The number of benzene rings is 3. The molecule has 0 bridgehead atoms. The molecule has 2 aliphatic rings. The fraction of sp³-hybridized carbons (Fsp3) is 0.406. The molecule has 3 aromatic carbocycles. The highest BCUT2D eigenvalue weighted by Gasteiger charge is 2.43. The van der Waals surface area contributed by atoms with Gasteiger partial charge in [-0.25, -0.2) is 0 Å². The van der Waals surface area contributed by atoms with E-state index in [-0.39, 0.29) is 11.9 Å². The van der Waals surface area contributed by atoms with Crippen molar-refractivity contribution in [3.05, 3.63) is 93.4 Å². The first-order chi connectivity index (χ1) is 18.9. The highest BCUT2D eigenvalue weighted by molar-refractivity contribution is 9.10. The number of rotatable bonds is 8. The van der Waals surface area contributed by atoms with Crippen LogP contribution in [-0.2, 0) is 16.8 Å². The van der Waals surface area contributed by atoms with E-state index < -0.39 is 5.41 Å². The Morgan fingerprint density at radius 3 is 2.38 bits per heavy atom. The summed E-state index contributed by atoms with van der Waals surface area (Å²) < 4.78 is 7.06. The lowest BCUT2D eigenvalue weighted by Gasteiger charge is -2.42. The van der Waals surface area contributed by atoms with Crippen LogP contribution in [0.1, 0.15) is 43.7 Å². The summed E-state index contributed by atoms with van der Waals surface area (Å²) in [7, 11) is 0. The molecule has 2 fully saturated rings. The van der Waals surface area contributed by atoms with Crippen LogP contribution in [0.2, 0.25) is 5.02 Å². The third kappa shape index (κ3) is 6.86. The van der Waals surface area contributed by atoms with Crippen LogP contribution in [0, 0.1) is 0 Å². The number of halogens is 2. The molecule has 1 N–H and O–H groups in total. The Balaban J connectivity index is 1.18. The first-order valence-electron chi connectivity index (χ1n) is 14.0. The summed E-state index contributed by atoms with van der Waals surface area (Å²) in [5.41, 5.74) is 1.89. The van der Waals surface area contributed by atoms with Crippen LogP contribution >= 0.6 is 27.5 Å². The smallest absolute Gasteiger partial charge is 0.230 e. The number of carbonyl (C=O) groups is 1. The van der Waals surface area contributed by atoms with E-state index in [9.17, 15) is 4.79 Å². The lowest BCUT2D eigenvalue weighted by molar-refractivity contribution is -0.129. The summed E-state index contributed by atoms with van der Waals surface area (Å²) in [5, 5.41) is 4.07. The number of ether oxygens (including phenoxy) is 1. The summed E-state index contributed by atoms with van der Waals surface area (Å²) in [4.78, 5) is 18.8.